The first-order chi connectivity index (χ1) is 12.3. The first kappa shape index (κ1) is 20.3. The molecule has 0 spiro atoms. The van der Waals surface area contributed by atoms with Gasteiger partial charge in [0.15, 0.2) is 0 Å². The fourth-order valence-corrected chi connectivity index (χ4v) is 5.21. The highest BCUT2D eigenvalue weighted by atomic mass is 32.2. The maximum Gasteiger partial charge on any atom is 0.264 e. The Morgan fingerprint density at radius 1 is 0.885 bits per heavy atom. The van der Waals surface area contributed by atoms with E-state index < -0.39 is 20.0 Å². The second-order valence-corrected chi connectivity index (χ2v) is 9.51. The van der Waals surface area contributed by atoms with Crippen LogP contribution in [0.5, 0.6) is 0 Å². The van der Waals surface area contributed by atoms with Crippen LogP contribution in [0.4, 0.5) is 11.4 Å². The molecule has 0 radical (unpaired) electrons. The largest absolute Gasteiger partial charge is 0.284 e. The van der Waals surface area contributed by atoms with Gasteiger partial charge in [-0.15, -0.1) is 0 Å². The number of sulfonamides is 2. The summed E-state index contributed by atoms with van der Waals surface area (Å²) in [5, 5.41) is 0. The molecule has 0 saturated carbocycles. The third-order valence-corrected chi connectivity index (χ3v) is 7.10. The summed E-state index contributed by atoms with van der Waals surface area (Å²) in [6, 6.07) is 14.6. The molecule has 2 aromatic carbocycles. The highest BCUT2D eigenvalue weighted by molar-refractivity contribution is 7.93. The normalized spacial score (nSPS) is 11.9. The number of nitrogens with one attached hydrogen (secondary N) is 1. The summed E-state index contributed by atoms with van der Waals surface area (Å²) in [6.45, 7) is 3.97. The number of hydrogen-bond acceptors (Lipinski definition) is 4. The van der Waals surface area contributed by atoms with E-state index in [1.54, 1.807) is 31.2 Å². The number of nitrogens with zero attached hydrogens (tertiary/aromatic N) is 1. The monoisotopic (exact) mass is 396 g/mol. The van der Waals surface area contributed by atoms with Gasteiger partial charge in [-0.05, 0) is 49.7 Å². The molecular weight excluding hydrogens is 372 g/mol. The highest BCUT2D eigenvalue weighted by Gasteiger charge is 2.23. The zero-order valence-electron chi connectivity index (χ0n) is 14.9. The summed E-state index contributed by atoms with van der Waals surface area (Å²) in [5.41, 5.74) is 0.933. The van der Waals surface area contributed by atoms with Crippen LogP contribution in [0.15, 0.2) is 59.5 Å². The number of rotatable bonds is 9. The van der Waals surface area contributed by atoms with Gasteiger partial charge in [-0.3, -0.25) is 9.03 Å². The molecule has 2 aromatic rings. The summed E-state index contributed by atoms with van der Waals surface area (Å²) in [7, 11) is -7.14. The Kier molecular flexibility index (Phi) is 6.66. The van der Waals surface area contributed by atoms with Gasteiger partial charge in [0, 0.05) is 12.2 Å². The van der Waals surface area contributed by atoms with Gasteiger partial charge in [0.05, 0.1) is 16.3 Å². The fourth-order valence-electron chi connectivity index (χ4n) is 2.47. The molecule has 0 aliphatic heterocycles. The molecule has 8 heteroatoms. The Morgan fingerprint density at radius 3 is 2.04 bits per heavy atom. The van der Waals surface area contributed by atoms with E-state index >= 15 is 0 Å². The Morgan fingerprint density at radius 2 is 1.50 bits per heavy atom. The van der Waals surface area contributed by atoms with E-state index in [9.17, 15) is 16.8 Å². The van der Waals surface area contributed by atoms with Gasteiger partial charge < -0.3 is 0 Å². The third-order valence-electron chi connectivity index (χ3n) is 3.81. The Bertz CT molecular complexity index is 909. The van der Waals surface area contributed by atoms with Crippen molar-refractivity contribution < 1.29 is 16.8 Å². The number of anilines is 2. The van der Waals surface area contributed by atoms with Crippen LogP contribution < -0.4 is 9.03 Å². The van der Waals surface area contributed by atoms with Crippen molar-refractivity contribution in [3.8, 4) is 0 Å². The van der Waals surface area contributed by atoms with Gasteiger partial charge in [-0.25, -0.2) is 16.8 Å². The number of unbranched alkanes of at least 4 members (excludes halogenated alkanes) is 1. The van der Waals surface area contributed by atoms with Crippen LogP contribution in [0.1, 0.15) is 26.7 Å². The van der Waals surface area contributed by atoms with E-state index in [2.05, 4.69) is 4.72 Å². The van der Waals surface area contributed by atoms with Crippen molar-refractivity contribution in [2.24, 2.45) is 0 Å². The summed E-state index contributed by atoms with van der Waals surface area (Å²) in [6.07, 6.45) is 1.36. The molecule has 6 nitrogen and oxygen atoms in total. The molecule has 0 bridgehead atoms. The van der Waals surface area contributed by atoms with Crippen molar-refractivity contribution in [1.82, 2.24) is 0 Å². The average molecular weight is 397 g/mol. The van der Waals surface area contributed by atoms with Crippen LogP contribution in [0.2, 0.25) is 0 Å². The fraction of sp³-hybridized carbons (Fsp3) is 0.333. The highest BCUT2D eigenvalue weighted by Crippen LogP contribution is 2.24. The molecule has 0 unspecified atom stereocenters. The maximum absolute atomic E-state index is 12.9. The predicted molar refractivity (Wildman–Crippen MR) is 105 cm³/mol. The molecule has 0 saturated heterocycles. The topological polar surface area (TPSA) is 83.5 Å². The molecule has 1 N–H and O–H groups in total. The first-order valence-corrected chi connectivity index (χ1v) is 11.6. The maximum atomic E-state index is 12.9. The van der Waals surface area contributed by atoms with E-state index in [0.717, 1.165) is 6.42 Å². The number of benzene rings is 2. The quantitative estimate of drug-likeness (QED) is 0.704. The molecule has 0 heterocycles. The van der Waals surface area contributed by atoms with Crippen molar-refractivity contribution in [2.75, 3.05) is 21.3 Å². The Balaban J connectivity index is 2.23. The van der Waals surface area contributed by atoms with E-state index in [1.807, 2.05) is 13.0 Å². The number of hydrogen-bond donors (Lipinski definition) is 1. The van der Waals surface area contributed by atoms with Gasteiger partial charge in [0.2, 0.25) is 10.0 Å². The second-order valence-electron chi connectivity index (χ2n) is 5.80. The van der Waals surface area contributed by atoms with Crippen molar-refractivity contribution in [2.45, 2.75) is 31.6 Å². The lowest BCUT2D eigenvalue weighted by Gasteiger charge is -2.23. The predicted octanol–water partition coefficient (Wildman–Crippen LogP) is 3.44. The molecule has 0 aliphatic carbocycles. The van der Waals surface area contributed by atoms with Crippen LogP contribution in [0.3, 0.4) is 0 Å². The Labute approximate surface area is 156 Å². The van der Waals surface area contributed by atoms with Crippen molar-refractivity contribution in [1.29, 1.82) is 0 Å². The molecule has 2 rings (SSSR count). The minimum atomic E-state index is -3.72. The summed E-state index contributed by atoms with van der Waals surface area (Å²) < 4.78 is 53.4. The minimum Gasteiger partial charge on any atom is -0.284 e. The van der Waals surface area contributed by atoms with Crippen molar-refractivity contribution in [3.05, 3.63) is 54.6 Å². The molecule has 26 heavy (non-hydrogen) atoms. The molecule has 0 atom stereocenters. The van der Waals surface area contributed by atoms with Gasteiger partial charge in [-0.2, -0.15) is 0 Å². The van der Waals surface area contributed by atoms with Gasteiger partial charge in [-0.1, -0.05) is 31.5 Å². The lowest BCUT2D eigenvalue weighted by atomic mass is 10.3. The average Bonchev–Trinajstić information content (AvgIpc) is 2.61. The smallest absolute Gasteiger partial charge is 0.264 e. The van der Waals surface area contributed by atoms with Gasteiger partial charge in [0.1, 0.15) is 0 Å². The van der Waals surface area contributed by atoms with Crippen molar-refractivity contribution >= 4 is 31.4 Å². The van der Waals surface area contributed by atoms with E-state index in [-0.39, 0.29) is 17.2 Å². The standard InChI is InChI=1S/C18H24N2O4S2/c1-3-5-15-25(21,22)19-16-11-13-18(14-12-16)26(23,24)20(4-2)17-9-7-6-8-10-17/h6-14,19H,3-5,15H2,1-2H3. The molecular formula is C18H24N2O4S2. The summed E-state index contributed by atoms with van der Waals surface area (Å²) in [5.74, 6) is 0.0428. The van der Waals surface area contributed by atoms with Crippen LogP contribution in [0.25, 0.3) is 0 Å². The van der Waals surface area contributed by atoms with E-state index in [1.165, 1.54) is 28.6 Å². The Hall–Kier alpha value is -2.06. The van der Waals surface area contributed by atoms with Crippen LogP contribution >= 0.6 is 0 Å². The van der Waals surface area contributed by atoms with Gasteiger partial charge in [0.25, 0.3) is 10.0 Å². The zero-order valence-corrected chi connectivity index (χ0v) is 16.6. The molecule has 0 amide bonds. The van der Waals surface area contributed by atoms with Crippen molar-refractivity contribution in [3.63, 3.8) is 0 Å². The lowest BCUT2D eigenvalue weighted by Crippen LogP contribution is -2.30. The lowest BCUT2D eigenvalue weighted by molar-refractivity contribution is 0.591. The summed E-state index contributed by atoms with van der Waals surface area (Å²) in [4.78, 5) is 0.111. The zero-order chi connectivity index (χ0) is 19.2. The van der Waals surface area contributed by atoms with E-state index in [4.69, 9.17) is 0 Å². The number of para-hydroxylation sites is 1. The molecule has 0 aliphatic rings. The van der Waals surface area contributed by atoms with Crippen LogP contribution in [0, 0.1) is 0 Å². The third kappa shape index (κ3) is 4.98. The second kappa shape index (κ2) is 8.55. The van der Waals surface area contributed by atoms with Crippen LogP contribution in [-0.2, 0) is 20.0 Å². The minimum absolute atomic E-state index is 0.0428. The van der Waals surface area contributed by atoms with E-state index in [0.29, 0.717) is 17.8 Å². The molecule has 0 fully saturated rings. The van der Waals surface area contributed by atoms with Crippen LogP contribution in [-0.4, -0.2) is 29.1 Å². The first-order valence-electron chi connectivity index (χ1n) is 8.48. The van der Waals surface area contributed by atoms with Gasteiger partial charge >= 0.3 is 0 Å². The summed E-state index contributed by atoms with van der Waals surface area (Å²) >= 11 is 0. The SMILES string of the molecule is CCCCS(=O)(=O)Nc1ccc(S(=O)(=O)N(CC)c2ccccc2)cc1. The molecule has 142 valence electrons. The molecule has 0 aromatic heterocycles.